The Balaban J connectivity index is 2.39. The van der Waals surface area contributed by atoms with Gasteiger partial charge in [-0.25, -0.2) is 13.6 Å². The lowest BCUT2D eigenvalue weighted by Gasteiger charge is -2.23. The molecule has 0 aliphatic rings. The molecule has 0 spiro atoms. The summed E-state index contributed by atoms with van der Waals surface area (Å²) in [5.41, 5.74) is 5.44. The second-order valence-corrected chi connectivity index (χ2v) is 9.23. The number of benzene rings is 3. The first-order valence-corrected chi connectivity index (χ1v) is 12.2. The summed E-state index contributed by atoms with van der Waals surface area (Å²) in [6.07, 6.45) is 3.09. The fourth-order valence-corrected chi connectivity index (χ4v) is 4.55. The minimum Gasteiger partial charge on any atom is -0.478 e. The Morgan fingerprint density at radius 3 is 2.25 bits per heavy atom. The van der Waals surface area contributed by atoms with Crippen LogP contribution in [-0.2, 0) is 4.79 Å². The highest BCUT2D eigenvalue weighted by atomic mass is 35.5. The Hall–Kier alpha value is -3.50. The molecular formula is C31H29ClF2O2. The summed E-state index contributed by atoms with van der Waals surface area (Å²) in [5.74, 6) is -1.99. The van der Waals surface area contributed by atoms with Gasteiger partial charge < -0.3 is 5.11 Å². The molecule has 3 rings (SSSR count). The van der Waals surface area contributed by atoms with Crippen LogP contribution >= 0.6 is 11.6 Å². The third-order valence-electron chi connectivity index (χ3n) is 5.99. The summed E-state index contributed by atoms with van der Waals surface area (Å²) in [5, 5.41) is 9.19. The zero-order chi connectivity index (χ0) is 26.4. The van der Waals surface area contributed by atoms with Crippen LogP contribution in [0.5, 0.6) is 0 Å². The van der Waals surface area contributed by atoms with Gasteiger partial charge in [0.15, 0.2) is 0 Å². The van der Waals surface area contributed by atoms with Gasteiger partial charge in [-0.1, -0.05) is 87.0 Å². The summed E-state index contributed by atoms with van der Waals surface area (Å²) in [6.45, 7) is 7.72. The molecule has 0 saturated carbocycles. The molecule has 0 saturated heterocycles. The maximum atomic E-state index is 16.4. The summed E-state index contributed by atoms with van der Waals surface area (Å²) >= 11 is 6.49. The Bertz CT molecular complexity index is 1350. The molecule has 0 unspecified atom stereocenters. The van der Waals surface area contributed by atoms with E-state index < -0.39 is 11.8 Å². The fourth-order valence-electron chi connectivity index (χ4n) is 4.27. The number of carbonyl (C=O) groups is 1. The molecule has 0 fully saturated rings. The Labute approximate surface area is 216 Å². The zero-order valence-electron chi connectivity index (χ0n) is 20.8. The second-order valence-electron chi connectivity index (χ2n) is 8.82. The van der Waals surface area contributed by atoms with Crippen LogP contribution in [0.2, 0.25) is 5.02 Å². The predicted molar refractivity (Wildman–Crippen MR) is 146 cm³/mol. The summed E-state index contributed by atoms with van der Waals surface area (Å²) in [6, 6.07) is 18.8. The number of allylic oxidation sites excluding steroid dienone is 3. The maximum Gasteiger partial charge on any atom is 0.328 e. The van der Waals surface area contributed by atoms with Crippen LogP contribution in [-0.4, -0.2) is 11.1 Å². The molecule has 0 aliphatic carbocycles. The van der Waals surface area contributed by atoms with Crippen molar-refractivity contribution >= 4 is 40.6 Å². The molecular weight excluding hydrogens is 478 g/mol. The molecule has 36 heavy (non-hydrogen) atoms. The molecule has 3 aromatic rings. The van der Waals surface area contributed by atoms with Crippen molar-refractivity contribution < 1.29 is 18.7 Å². The average molecular weight is 507 g/mol. The molecule has 1 N–H and O–H groups in total. The van der Waals surface area contributed by atoms with Gasteiger partial charge in [0.1, 0.15) is 11.6 Å². The van der Waals surface area contributed by atoms with Crippen LogP contribution in [0.25, 0.3) is 23.0 Å². The third-order valence-corrected chi connectivity index (χ3v) is 6.31. The minimum absolute atomic E-state index is 0.188. The van der Waals surface area contributed by atoms with E-state index in [0.29, 0.717) is 34.3 Å². The number of hydrogen-bond acceptors (Lipinski definition) is 1. The monoisotopic (exact) mass is 506 g/mol. The van der Waals surface area contributed by atoms with E-state index in [1.54, 1.807) is 24.3 Å². The van der Waals surface area contributed by atoms with Crippen molar-refractivity contribution in [3.63, 3.8) is 0 Å². The van der Waals surface area contributed by atoms with Gasteiger partial charge in [0.25, 0.3) is 0 Å². The molecule has 0 heterocycles. The average Bonchev–Trinajstić information content (AvgIpc) is 2.83. The summed E-state index contributed by atoms with van der Waals surface area (Å²) in [4.78, 5) is 10.9. The topological polar surface area (TPSA) is 37.3 Å². The summed E-state index contributed by atoms with van der Waals surface area (Å²) < 4.78 is 30.3. The van der Waals surface area contributed by atoms with Crippen LogP contribution < -0.4 is 0 Å². The standard InChI is InChI=1S/C31H29ClF2O2/c1-5-24(26-16-15-23(33)18-27(26)32)30(22-13-10-21(11-14-22)12-17-28(35)36)29(19(2)3)31(34)25-9-7-6-8-20(25)4/h6-19H,5H2,1-4H3,(H,35,36)/b17-12+,30-24+,31-29-. The van der Waals surface area contributed by atoms with Crippen molar-refractivity contribution in [3.8, 4) is 0 Å². The van der Waals surface area contributed by atoms with Gasteiger partial charge in [0.2, 0.25) is 0 Å². The first kappa shape index (κ1) is 27.1. The van der Waals surface area contributed by atoms with Crippen LogP contribution in [0.3, 0.4) is 0 Å². The molecule has 186 valence electrons. The van der Waals surface area contributed by atoms with E-state index in [2.05, 4.69) is 0 Å². The van der Waals surface area contributed by atoms with Crippen molar-refractivity contribution in [1.82, 2.24) is 0 Å². The number of carboxylic acids is 1. The van der Waals surface area contributed by atoms with E-state index in [4.69, 9.17) is 16.7 Å². The number of carboxylic acid groups (broad SMARTS) is 1. The lowest BCUT2D eigenvalue weighted by atomic mass is 9.81. The molecule has 0 aliphatic heterocycles. The smallest absolute Gasteiger partial charge is 0.328 e. The van der Waals surface area contributed by atoms with Crippen LogP contribution in [0.4, 0.5) is 8.78 Å². The minimum atomic E-state index is -1.04. The SMILES string of the molecule is CC/C(=C(\C(=C(/F)c1ccccc1C)C(C)C)c1ccc(/C=C/C(=O)O)cc1)c1ccc(F)cc1Cl. The van der Waals surface area contributed by atoms with Gasteiger partial charge in [-0.15, -0.1) is 0 Å². The predicted octanol–water partition coefficient (Wildman–Crippen LogP) is 9.24. The van der Waals surface area contributed by atoms with Crippen LogP contribution in [0, 0.1) is 18.7 Å². The van der Waals surface area contributed by atoms with Crippen LogP contribution in [0.1, 0.15) is 55.0 Å². The third kappa shape index (κ3) is 6.19. The largest absolute Gasteiger partial charge is 0.478 e. The number of hydrogen-bond donors (Lipinski definition) is 1. The lowest BCUT2D eigenvalue weighted by molar-refractivity contribution is -0.131. The molecule has 0 amide bonds. The number of rotatable bonds is 8. The lowest BCUT2D eigenvalue weighted by Crippen LogP contribution is -2.05. The number of halogens is 3. The number of aliphatic carboxylic acids is 1. The molecule has 3 aromatic carbocycles. The van der Waals surface area contributed by atoms with Crippen molar-refractivity contribution in [2.75, 3.05) is 0 Å². The van der Waals surface area contributed by atoms with E-state index in [1.165, 1.54) is 18.2 Å². The maximum absolute atomic E-state index is 16.4. The Morgan fingerprint density at radius 1 is 1.03 bits per heavy atom. The van der Waals surface area contributed by atoms with Crippen molar-refractivity contribution in [3.05, 3.63) is 117 Å². The van der Waals surface area contributed by atoms with Crippen LogP contribution in [0.15, 0.2) is 78.4 Å². The zero-order valence-corrected chi connectivity index (χ0v) is 21.5. The molecule has 2 nitrogen and oxygen atoms in total. The van der Waals surface area contributed by atoms with Gasteiger partial charge in [-0.3, -0.25) is 0 Å². The van der Waals surface area contributed by atoms with E-state index in [1.807, 2.05) is 58.0 Å². The number of aryl methyl sites for hydroxylation is 1. The molecule has 0 aromatic heterocycles. The van der Waals surface area contributed by atoms with Gasteiger partial charge >= 0.3 is 5.97 Å². The van der Waals surface area contributed by atoms with Crippen molar-refractivity contribution in [2.24, 2.45) is 5.92 Å². The van der Waals surface area contributed by atoms with E-state index in [-0.39, 0.29) is 16.8 Å². The molecule has 0 atom stereocenters. The van der Waals surface area contributed by atoms with E-state index in [9.17, 15) is 9.18 Å². The van der Waals surface area contributed by atoms with Crippen molar-refractivity contribution in [1.29, 1.82) is 0 Å². The molecule has 0 bridgehead atoms. The Kier molecular flexibility index (Phi) is 9.00. The molecule has 0 radical (unpaired) electrons. The first-order valence-electron chi connectivity index (χ1n) is 11.8. The van der Waals surface area contributed by atoms with Gasteiger partial charge in [-0.2, -0.15) is 0 Å². The Morgan fingerprint density at radius 2 is 1.69 bits per heavy atom. The summed E-state index contributed by atoms with van der Waals surface area (Å²) in [7, 11) is 0. The second kappa shape index (κ2) is 12.0. The highest BCUT2D eigenvalue weighted by Gasteiger charge is 2.24. The fraction of sp³-hybridized carbons (Fsp3) is 0.194. The normalized spacial score (nSPS) is 13.1. The van der Waals surface area contributed by atoms with E-state index in [0.717, 1.165) is 22.8 Å². The molecule has 5 heteroatoms. The van der Waals surface area contributed by atoms with Crippen molar-refractivity contribution in [2.45, 2.75) is 34.1 Å². The van der Waals surface area contributed by atoms with E-state index >= 15 is 4.39 Å². The van der Waals surface area contributed by atoms with Gasteiger partial charge in [0.05, 0.1) is 5.02 Å². The highest BCUT2D eigenvalue weighted by molar-refractivity contribution is 6.32. The quantitative estimate of drug-likeness (QED) is 0.188. The highest BCUT2D eigenvalue weighted by Crippen LogP contribution is 2.43. The van der Waals surface area contributed by atoms with Gasteiger partial charge in [-0.05, 0) is 76.4 Å². The van der Waals surface area contributed by atoms with Gasteiger partial charge in [0, 0.05) is 11.6 Å². The first-order chi connectivity index (χ1) is 17.1.